The van der Waals surface area contributed by atoms with Crippen LogP contribution in [0, 0.1) is 0 Å². The van der Waals surface area contributed by atoms with Gasteiger partial charge in [0.15, 0.2) is 13.2 Å². The Labute approximate surface area is 171 Å². The third-order valence-corrected chi connectivity index (χ3v) is 5.20. The highest BCUT2D eigenvalue weighted by molar-refractivity contribution is 7.92. The lowest BCUT2D eigenvalue weighted by atomic mass is 10.2. The number of carbonyl (C=O) groups excluding carboxylic acids is 1. The van der Waals surface area contributed by atoms with Crippen molar-refractivity contribution in [3.05, 3.63) is 42.0 Å². The van der Waals surface area contributed by atoms with Crippen LogP contribution in [0.2, 0.25) is 0 Å². The summed E-state index contributed by atoms with van der Waals surface area (Å²) in [6.07, 6.45) is -9.70. The first-order valence-electron chi connectivity index (χ1n) is 8.25. The average molecular weight is 470 g/mol. The summed E-state index contributed by atoms with van der Waals surface area (Å²) >= 11 is 0. The standard InChI is InChI=1S/C17H12F6N2O5S/c18-16(19,20)8-30-14-3-1-9(17(21,22)23)5-12(14)25-31(27,28)10-2-4-13-11(6-10)24-15(26)7-29-13/h1-6,25H,7-8H2,(H,24,26). The molecule has 1 heterocycles. The Morgan fingerprint density at radius 1 is 1.06 bits per heavy atom. The summed E-state index contributed by atoms with van der Waals surface area (Å²) in [5.74, 6) is -1.16. The van der Waals surface area contributed by atoms with Gasteiger partial charge in [0.25, 0.3) is 15.9 Å². The number of halogens is 6. The summed E-state index contributed by atoms with van der Waals surface area (Å²) in [6, 6.07) is 4.58. The Balaban J connectivity index is 1.97. The first-order valence-corrected chi connectivity index (χ1v) is 9.73. The molecule has 1 amide bonds. The molecular formula is C17H12F6N2O5S. The number of rotatable bonds is 5. The van der Waals surface area contributed by atoms with Gasteiger partial charge in [-0.05, 0) is 36.4 Å². The van der Waals surface area contributed by atoms with E-state index in [1.54, 1.807) is 4.72 Å². The molecule has 0 bridgehead atoms. The zero-order valence-electron chi connectivity index (χ0n) is 15.1. The number of hydrogen-bond donors (Lipinski definition) is 2. The fraction of sp³-hybridized carbons (Fsp3) is 0.235. The van der Waals surface area contributed by atoms with Crippen LogP contribution in [0.3, 0.4) is 0 Å². The predicted molar refractivity (Wildman–Crippen MR) is 94.4 cm³/mol. The van der Waals surface area contributed by atoms with Crippen LogP contribution in [-0.4, -0.2) is 33.7 Å². The number of amides is 1. The van der Waals surface area contributed by atoms with Crippen LogP contribution in [0.4, 0.5) is 37.7 Å². The fourth-order valence-corrected chi connectivity index (χ4v) is 3.59. The van der Waals surface area contributed by atoms with Gasteiger partial charge < -0.3 is 14.8 Å². The van der Waals surface area contributed by atoms with Gasteiger partial charge in [0.05, 0.1) is 21.8 Å². The Bertz CT molecular complexity index is 1110. The van der Waals surface area contributed by atoms with E-state index in [1.165, 1.54) is 6.07 Å². The van der Waals surface area contributed by atoms with Crippen LogP contribution in [-0.2, 0) is 21.0 Å². The van der Waals surface area contributed by atoms with Crippen LogP contribution >= 0.6 is 0 Å². The van der Waals surface area contributed by atoms with Crippen LogP contribution in [0.1, 0.15) is 5.56 Å². The van der Waals surface area contributed by atoms with Gasteiger partial charge in [-0.2, -0.15) is 26.3 Å². The minimum Gasteiger partial charge on any atom is -0.482 e. The van der Waals surface area contributed by atoms with Crippen LogP contribution in [0.15, 0.2) is 41.3 Å². The molecule has 7 nitrogen and oxygen atoms in total. The number of anilines is 2. The number of benzene rings is 2. The number of sulfonamides is 1. The van der Waals surface area contributed by atoms with Crippen molar-refractivity contribution in [2.45, 2.75) is 17.2 Å². The monoisotopic (exact) mass is 470 g/mol. The molecule has 2 aromatic rings. The highest BCUT2D eigenvalue weighted by Crippen LogP contribution is 2.37. The lowest BCUT2D eigenvalue weighted by molar-refractivity contribution is -0.153. The third-order valence-electron chi connectivity index (χ3n) is 3.84. The van der Waals surface area contributed by atoms with Crippen molar-refractivity contribution in [1.82, 2.24) is 0 Å². The molecule has 2 N–H and O–H groups in total. The zero-order chi connectivity index (χ0) is 23.0. The molecule has 1 aliphatic heterocycles. The SMILES string of the molecule is O=C1COc2ccc(S(=O)(=O)Nc3cc(C(F)(F)F)ccc3OCC(F)(F)F)cc2N1. The number of ether oxygens (including phenoxy) is 2. The molecule has 0 aliphatic carbocycles. The van der Waals surface area contributed by atoms with Crippen molar-refractivity contribution in [2.24, 2.45) is 0 Å². The third kappa shape index (κ3) is 5.51. The maximum absolute atomic E-state index is 13.0. The topological polar surface area (TPSA) is 93.7 Å². The largest absolute Gasteiger partial charge is 0.482 e. The van der Waals surface area contributed by atoms with E-state index in [1.807, 2.05) is 0 Å². The molecule has 0 saturated carbocycles. The Hall–Kier alpha value is -3.16. The second-order valence-corrected chi connectivity index (χ2v) is 7.90. The summed E-state index contributed by atoms with van der Waals surface area (Å²) in [4.78, 5) is 10.9. The van der Waals surface area contributed by atoms with Gasteiger partial charge in [-0.15, -0.1) is 0 Å². The lowest BCUT2D eigenvalue weighted by Crippen LogP contribution is -2.25. The molecule has 0 unspecified atom stereocenters. The molecule has 31 heavy (non-hydrogen) atoms. The summed E-state index contributed by atoms with van der Waals surface area (Å²) in [6.45, 7) is -2.14. The molecular weight excluding hydrogens is 458 g/mol. The minimum atomic E-state index is -4.89. The number of alkyl halides is 6. The molecule has 3 rings (SSSR count). The van der Waals surface area contributed by atoms with E-state index in [4.69, 9.17) is 4.74 Å². The first kappa shape index (κ1) is 22.5. The molecule has 0 radical (unpaired) electrons. The van der Waals surface area contributed by atoms with Crippen LogP contribution < -0.4 is 19.5 Å². The Kier molecular flexibility index (Phi) is 5.69. The van der Waals surface area contributed by atoms with E-state index in [9.17, 15) is 39.6 Å². The van der Waals surface area contributed by atoms with Gasteiger partial charge in [0.2, 0.25) is 0 Å². The summed E-state index contributed by atoms with van der Waals surface area (Å²) in [7, 11) is -4.59. The van der Waals surface area contributed by atoms with Gasteiger partial charge in [-0.3, -0.25) is 9.52 Å². The van der Waals surface area contributed by atoms with E-state index in [2.05, 4.69) is 10.1 Å². The van der Waals surface area contributed by atoms with Crippen molar-refractivity contribution in [2.75, 3.05) is 23.3 Å². The smallest absolute Gasteiger partial charge is 0.422 e. The van der Waals surface area contributed by atoms with Gasteiger partial charge in [0, 0.05) is 0 Å². The van der Waals surface area contributed by atoms with E-state index in [0.29, 0.717) is 18.2 Å². The molecule has 14 heteroatoms. The molecule has 2 aromatic carbocycles. The van der Waals surface area contributed by atoms with Crippen molar-refractivity contribution < 1.29 is 49.0 Å². The summed E-state index contributed by atoms with van der Waals surface area (Å²) in [5, 5.41) is 2.36. The highest BCUT2D eigenvalue weighted by atomic mass is 32.2. The van der Waals surface area contributed by atoms with E-state index >= 15 is 0 Å². The number of carbonyl (C=O) groups is 1. The second-order valence-electron chi connectivity index (χ2n) is 6.21. The van der Waals surface area contributed by atoms with Crippen molar-refractivity contribution in [1.29, 1.82) is 0 Å². The van der Waals surface area contributed by atoms with Gasteiger partial charge in [-0.25, -0.2) is 8.42 Å². The van der Waals surface area contributed by atoms with E-state index in [0.717, 1.165) is 12.1 Å². The van der Waals surface area contributed by atoms with Crippen molar-refractivity contribution >= 4 is 27.3 Å². The molecule has 0 aromatic heterocycles. The molecule has 0 saturated heterocycles. The average Bonchev–Trinajstić information content (AvgIpc) is 2.64. The highest BCUT2D eigenvalue weighted by Gasteiger charge is 2.33. The summed E-state index contributed by atoms with van der Waals surface area (Å²) < 4.78 is 113. The molecule has 0 spiro atoms. The fourth-order valence-electron chi connectivity index (χ4n) is 2.50. The maximum Gasteiger partial charge on any atom is 0.422 e. The quantitative estimate of drug-likeness (QED) is 0.649. The molecule has 0 fully saturated rings. The van der Waals surface area contributed by atoms with Gasteiger partial charge in [-0.1, -0.05) is 0 Å². The Morgan fingerprint density at radius 3 is 2.42 bits per heavy atom. The van der Waals surface area contributed by atoms with E-state index < -0.39 is 56.8 Å². The maximum atomic E-state index is 13.0. The first-order chi connectivity index (χ1) is 14.2. The number of hydrogen-bond acceptors (Lipinski definition) is 5. The zero-order valence-corrected chi connectivity index (χ0v) is 15.9. The number of fused-ring (bicyclic) bond motifs is 1. The lowest BCUT2D eigenvalue weighted by Gasteiger charge is -2.19. The van der Waals surface area contributed by atoms with Crippen molar-refractivity contribution in [3.63, 3.8) is 0 Å². The van der Waals surface area contributed by atoms with Gasteiger partial charge >= 0.3 is 12.4 Å². The van der Waals surface area contributed by atoms with E-state index in [-0.39, 0.29) is 18.0 Å². The van der Waals surface area contributed by atoms with Crippen molar-refractivity contribution in [3.8, 4) is 11.5 Å². The number of nitrogens with one attached hydrogen (secondary N) is 2. The Morgan fingerprint density at radius 2 is 1.77 bits per heavy atom. The normalized spacial score (nSPS) is 14.3. The second kappa shape index (κ2) is 7.83. The predicted octanol–water partition coefficient (Wildman–Crippen LogP) is 3.78. The molecule has 1 aliphatic rings. The van der Waals surface area contributed by atoms with Gasteiger partial charge in [0.1, 0.15) is 11.5 Å². The van der Waals surface area contributed by atoms with Crippen LogP contribution in [0.25, 0.3) is 0 Å². The molecule has 168 valence electrons. The summed E-state index contributed by atoms with van der Waals surface area (Å²) in [5.41, 5.74) is -2.16. The molecule has 0 atom stereocenters. The minimum absolute atomic E-state index is 0.00304. The van der Waals surface area contributed by atoms with Crippen LogP contribution in [0.5, 0.6) is 11.5 Å².